The van der Waals surface area contributed by atoms with Gasteiger partial charge in [0.25, 0.3) is 0 Å². The average molecular weight is 496 g/mol. The van der Waals surface area contributed by atoms with Crippen LogP contribution in [0, 0.1) is 5.41 Å². The molecule has 2 aliphatic rings. The highest BCUT2D eigenvalue weighted by Gasteiger charge is 2.51. The van der Waals surface area contributed by atoms with Crippen LogP contribution in [0.15, 0.2) is 24.5 Å². The number of nitrogens with one attached hydrogen (secondary N) is 1. The molecule has 2 aliphatic heterocycles. The molecule has 0 spiro atoms. The number of hydrogen-bond acceptors (Lipinski definition) is 8. The maximum absolute atomic E-state index is 13.5. The Labute approximate surface area is 212 Å². The number of pyridine rings is 1. The fourth-order valence-corrected chi connectivity index (χ4v) is 4.88. The maximum atomic E-state index is 13.5. The lowest BCUT2D eigenvalue weighted by Crippen LogP contribution is -2.58. The van der Waals surface area contributed by atoms with Crippen molar-refractivity contribution in [3.8, 4) is 5.75 Å². The lowest BCUT2D eigenvalue weighted by atomic mass is 9.74. The molecule has 36 heavy (non-hydrogen) atoms. The van der Waals surface area contributed by atoms with Gasteiger partial charge in [-0.3, -0.25) is 19.4 Å². The highest BCUT2D eigenvalue weighted by molar-refractivity contribution is 6.13. The van der Waals surface area contributed by atoms with Crippen LogP contribution in [0.5, 0.6) is 5.75 Å². The molecular weight excluding hydrogens is 458 g/mol. The van der Waals surface area contributed by atoms with Crippen molar-refractivity contribution < 1.29 is 14.3 Å². The second-order valence-corrected chi connectivity index (χ2v) is 9.71. The number of carbonyl (C=O) groups excluding carboxylic acids is 2. The number of carbonyl (C=O) groups is 2. The Hall–Kier alpha value is -3.27. The van der Waals surface area contributed by atoms with E-state index in [0.29, 0.717) is 42.8 Å². The molecule has 2 amide bonds. The molecule has 1 fully saturated rings. The predicted molar refractivity (Wildman–Crippen MR) is 138 cm³/mol. The summed E-state index contributed by atoms with van der Waals surface area (Å²) in [4.78, 5) is 43.4. The Morgan fingerprint density at radius 1 is 1.19 bits per heavy atom. The van der Waals surface area contributed by atoms with Crippen molar-refractivity contribution in [2.75, 3.05) is 36.5 Å². The minimum atomic E-state index is -1.28. The van der Waals surface area contributed by atoms with Crippen LogP contribution in [-0.4, -0.2) is 63.9 Å². The van der Waals surface area contributed by atoms with Crippen LogP contribution in [-0.2, 0) is 16.0 Å². The van der Waals surface area contributed by atoms with Gasteiger partial charge >= 0.3 is 0 Å². The van der Waals surface area contributed by atoms with Gasteiger partial charge in [0.05, 0.1) is 6.20 Å². The van der Waals surface area contributed by atoms with Gasteiger partial charge in [0.1, 0.15) is 29.4 Å². The zero-order valence-corrected chi connectivity index (χ0v) is 21.5. The van der Waals surface area contributed by atoms with E-state index in [1.807, 2.05) is 32.9 Å². The molecular formula is C26H37N7O3. The number of rotatable bonds is 10. The smallest absolute Gasteiger partial charge is 0.244 e. The van der Waals surface area contributed by atoms with E-state index in [9.17, 15) is 9.59 Å². The van der Waals surface area contributed by atoms with Crippen LogP contribution < -0.4 is 20.7 Å². The molecule has 1 saturated heterocycles. The summed E-state index contributed by atoms with van der Waals surface area (Å²) in [6, 6.07) is 3.52. The van der Waals surface area contributed by atoms with E-state index in [1.165, 1.54) is 19.3 Å². The zero-order valence-electron chi connectivity index (χ0n) is 21.5. The Morgan fingerprint density at radius 3 is 2.61 bits per heavy atom. The maximum Gasteiger partial charge on any atom is 0.244 e. The first kappa shape index (κ1) is 25.8. The molecule has 4 heterocycles. The molecule has 0 bridgehead atoms. The SMILES string of the molecule is CCC(C)N1C(=O)C(CC)(C(N)=O)Cc2cnc(Nc3ccc(OCCN4CCCCC4)cn3)nc21. The number of likely N-dealkylation sites (tertiary alicyclic amines) is 1. The molecule has 0 aromatic carbocycles. The molecule has 10 heteroatoms. The Bertz CT molecular complexity index is 1070. The van der Waals surface area contributed by atoms with Gasteiger partial charge in [-0.15, -0.1) is 0 Å². The van der Waals surface area contributed by atoms with Gasteiger partial charge in [-0.25, -0.2) is 9.97 Å². The first-order valence-corrected chi connectivity index (χ1v) is 13.0. The molecule has 2 unspecified atom stereocenters. The monoisotopic (exact) mass is 495 g/mol. The van der Waals surface area contributed by atoms with E-state index in [4.69, 9.17) is 10.5 Å². The molecule has 10 nitrogen and oxygen atoms in total. The normalized spacial score (nSPS) is 21.1. The van der Waals surface area contributed by atoms with Gasteiger partial charge in [-0.2, -0.15) is 4.98 Å². The van der Waals surface area contributed by atoms with Crippen molar-refractivity contribution >= 4 is 29.4 Å². The fourth-order valence-electron chi connectivity index (χ4n) is 4.88. The molecule has 0 saturated carbocycles. The van der Waals surface area contributed by atoms with Crippen molar-refractivity contribution in [3.05, 3.63) is 30.1 Å². The van der Waals surface area contributed by atoms with Crippen LogP contribution in [0.1, 0.15) is 58.4 Å². The third-order valence-electron chi connectivity index (χ3n) is 7.40. The van der Waals surface area contributed by atoms with Gasteiger partial charge in [-0.05, 0) is 57.8 Å². The predicted octanol–water partition coefficient (Wildman–Crippen LogP) is 3.05. The Morgan fingerprint density at radius 2 is 1.97 bits per heavy atom. The fraction of sp³-hybridized carbons (Fsp3) is 0.577. The highest BCUT2D eigenvalue weighted by atomic mass is 16.5. The van der Waals surface area contributed by atoms with Gasteiger partial charge in [-0.1, -0.05) is 20.3 Å². The quantitative estimate of drug-likeness (QED) is 0.482. The van der Waals surface area contributed by atoms with E-state index in [0.717, 1.165) is 25.2 Å². The summed E-state index contributed by atoms with van der Waals surface area (Å²) < 4.78 is 5.86. The van der Waals surface area contributed by atoms with E-state index in [-0.39, 0.29) is 18.4 Å². The van der Waals surface area contributed by atoms with E-state index < -0.39 is 11.3 Å². The van der Waals surface area contributed by atoms with Crippen LogP contribution in [0.4, 0.5) is 17.6 Å². The lowest BCUT2D eigenvalue weighted by Gasteiger charge is -2.41. The number of hydrogen-bond donors (Lipinski definition) is 2. The minimum Gasteiger partial charge on any atom is -0.491 e. The topological polar surface area (TPSA) is 127 Å². The molecule has 3 N–H and O–H groups in total. The van der Waals surface area contributed by atoms with E-state index >= 15 is 0 Å². The summed E-state index contributed by atoms with van der Waals surface area (Å²) >= 11 is 0. The molecule has 0 radical (unpaired) electrons. The van der Waals surface area contributed by atoms with Crippen molar-refractivity contribution in [2.24, 2.45) is 11.1 Å². The molecule has 2 atom stereocenters. The first-order valence-electron chi connectivity index (χ1n) is 13.0. The number of ether oxygens (including phenoxy) is 1. The van der Waals surface area contributed by atoms with Crippen LogP contribution in [0.2, 0.25) is 0 Å². The molecule has 2 aromatic rings. The second-order valence-electron chi connectivity index (χ2n) is 9.71. The van der Waals surface area contributed by atoms with Crippen molar-refractivity contribution in [3.63, 3.8) is 0 Å². The summed E-state index contributed by atoms with van der Waals surface area (Å²) in [6.45, 7) is 9.59. The lowest BCUT2D eigenvalue weighted by molar-refractivity contribution is -0.141. The van der Waals surface area contributed by atoms with Crippen LogP contribution in [0.25, 0.3) is 0 Å². The Balaban J connectivity index is 1.46. The number of piperidine rings is 1. The van der Waals surface area contributed by atoms with Crippen LogP contribution >= 0.6 is 0 Å². The standard InChI is InChI=1S/C26H37N7O3/c1-4-18(3)33-22-19(15-26(5-2,23(27)34)24(33)35)16-29-25(31-22)30-21-10-9-20(17-28-21)36-14-13-32-11-7-6-8-12-32/h9-10,16-18H,4-8,11-15H2,1-3H3,(H2,27,34)(H,28,29,30,31). The largest absolute Gasteiger partial charge is 0.491 e. The summed E-state index contributed by atoms with van der Waals surface area (Å²) in [5.74, 6) is 1.20. The zero-order chi connectivity index (χ0) is 25.7. The van der Waals surface area contributed by atoms with Gasteiger partial charge < -0.3 is 15.8 Å². The number of nitrogens with two attached hydrogens (primary N) is 1. The summed E-state index contributed by atoms with van der Waals surface area (Å²) in [5.41, 5.74) is 5.17. The third-order valence-corrected chi connectivity index (χ3v) is 7.40. The molecule has 194 valence electrons. The second kappa shape index (κ2) is 11.2. The number of anilines is 3. The minimum absolute atomic E-state index is 0.149. The van der Waals surface area contributed by atoms with Gasteiger partial charge in [0.15, 0.2) is 0 Å². The number of fused-ring (bicyclic) bond motifs is 1. The summed E-state index contributed by atoms with van der Waals surface area (Å²) in [7, 11) is 0. The summed E-state index contributed by atoms with van der Waals surface area (Å²) in [5, 5.41) is 3.11. The number of nitrogens with zero attached hydrogens (tertiary/aromatic N) is 5. The highest BCUT2D eigenvalue weighted by Crippen LogP contribution is 2.40. The van der Waals surface area contributed by atoms with Crippen molar-refractivity contribution in [2.45, 2.75) is 65.3 Å². The number of primary amides is 1. The molecule has 2 aromatic heterocycles. The van der Waals surface area contributed by atoms with Gasteiger partial charge in [0.2, 0.25) is 17.8 Å². The van der Waals surface area contributed by atoms with Crippen LogP contribution in [0.3, 0.4) is 0 Å². The average Bonchev–Trinajstić information content (AvgIpc) is 2.89. The van der Waals surface area contributed by atoms with Crippen molar-refractivity contribution in [1.29, 1.82) is 0 Å². The van der Waals surface area contributed by atoms with Gasteiger partial charge in [0, 0.05) is 30.8 Å². The number of amides is 2. The first-order chi connectivity index (χ1) is 17.4. The Kier molecular flexibility index (Phi) is 8.03. The third kappa shape index (κ3) is 5.28. The van der Waals surface area contributed by atoms with E-state index in [1.54, 1.807) is 17.3 Å². The number of aromatic nitrogens is 3. The summed E-state index contributed by atoms with van der Waals surface area (Å²) in [6.07, 6.45) is 8.42. The molecule has 4 rings (SSSR count). The van der Waals surface area contributed by atoms with Crippen molar-refractivity contribution in [1.82, 2.24) is 19.9 Å². The van der Waals surface area contributed by atoms with E-state index in [2.05, 4.69) is 25.2 Å². The molecule has 0 aliphatic carbocycles.